The van der Waals surface area contributed by atoms with Gasteiger partial charge in [0.2, 0.25) is 5.91 Å². The van der Waals surface area contributed by atoms with E-state index in [0.717, 1.165) is 34.6 Å². The van der Waals surface area contributed by atoms with Crippen molar-refractivity contribution >= 4 is 23.4 Å². The molecule has 5 nitrogen and oxygen atoms in total. The molecule has 4 aromatic rings. The van der Waals surface area contributed by atoms with Gasteiger partial charge in [-0.2, -0.15) is 13.2 Å². The number of aryl methyl sites for hydroxylation is 1. The molecule has 0 atom stereocenters. The molecule has 168 valence electrons. The number of carbonyl (C=O) groups excluding carboxylic acids is 1. The smallest absolute Gasteiger partial charge is 0.325 e. The second-order valence-electron chi connectivity index (χ2n) is 7.23. The number of benzene rings is 3. The van der Waals surface area contributed by atoms with Gasteiger partial charge in [-0.05, 0) is 36.8 Å². The number of hydrogen-bond acceptors (Lipinski definition) is 4. The van der Waals surface area contributed by atoms with E-state index < -0.39 is 17.6 Å². The summed E-state index contributed by atoms with van der Waals surface area (Å²) < 4.78 is 41.5. The lowest BCUT2D eigenvalue weighted by atomic mass is 10.1. The van der Waals surface area contributed by atoms with Crippen LogP contribution in [0.5, 0.6) is 0 Å². The Bertz CT molecular complexity index is 1270. The Morgan fingerprint density at radius 1 is 0.970 bits per heavy atom. The van der Waals surface area contributed by atoms with Crippen LogP contribution in [0.2, 0.25) is 0 Å². The maximum Gasteiger partial charge on any atom is 0.418 e. The van der Waals surface area contributed by atoms with Crippen LogP contribution in [-0.2, 0) is 11.0 Å². The summed E-state index contributed by atoms with van der Waals surface area (Å²) in [5, 5.41) is 11.4. The van der Waals surface area contributed by atoms with Gasteiger partial charge < -0.3 is 5.32 Å². The lowest BCUT2D eigenvalue weighted by molar-refractivity contribution is -0.137. The topological polar surface area (TPSA) is 59.8 Å². The molecule has 4 rings (SSSR count). The van der Waals surface area contributed by atoms with Gasteiger partial charge in [-0.3, -0.25) is 9.36 Å². The van der Waals surface area contributed by atoms with E-state index in [0.29, 0.717) is 11.0 Å². The maximum absolute atomic E-state index is 13.2. The molecule has 3 aromatic carbocycles. The van der Waals surface area contributed by atoms with E-state index in [4.69, 9.17) is 0 Å². The number of nitrogens with one attached hydrogen (secondary N) is 1. The minimum atomic E-state index is -4.56. The first-order valence-corrected chi connectivity index (χ1v) is 11.0. The van der Waals surface area contributed by atoms with Crippen LogP contribution in [0, 0.1) is 6.92 Å². The van der Waals surface area contributed by atoms with Gasteiger partial charge in [0.1, 0.15) is 0 Å². The lowest BCUT2D eigenvalue weighted by Gasteiger charge is -2.14. The second-order valence-corrected chi connectivity index (χ2v) is 8.17. The van der Waals surface area contributed by atoms with Gasteiger partial charge in [0, 0.05) is 11.3 Å². The zero-order valence-electron chi connectivity index (χ0n) is 17.5. The van der Waals surface area contributed by atoms with Gasteiger partial charge in [-0.25, -0.2) is 0 Å². The molecule has 1 N–H and O–H groups in total. The monoisotopic (exact) mass is 468 g/mol. The highest BCUT2D eigenvalue weighted by atomic mass is 32.2. The molecule has 1 heterocycles. The molecule has 1 aromatic heterocycles. The third-order valence-corrected chi connectivity index (χ3v) is 5.69. The summed E-state index contributed by atoms with van der Waals surface area (Å²) in [6.07, 6.45) is -4.56. The van der Waals surface area contributed by atoms with Crippen LogP contribution in [0.25, 0.3) is 17.1 Å². The fourth-order valence-corrected chi connectivity index (χ4v) is 4.05. The number of nitrogens with zero attached hydrogens (tertiary/aromatic N) is 3. The number of amides is 1. The van der Waals surface area contributed by atoms with E-state index in [1.807, 2.05) is 66.1 Å². The summed E-state index contributed by atoms with van der Waals surface area (Å²) in [4.78, 5) is 12.5. The molecule has 0 aliphatic rings. The van der Waals surface area contributed by atoms with Crippen molar-refractivity contribution in [3.05, 3.63) is 90.0 Å². The van der Waals surface area contributed by atoms with Crippen molar-refractivity contribution in [2.24, 2.45) is 0 Å². The molecular formula is C24H19F3N4OS. The van der Waals surface area contributed by atoms with Crippen LogP contribution >= 0.6 is 11.8 Å². The van der Waals surface area contributed by atoms with E-state index in [2.05, 4.69) is 15.5 Å². The van der Waals surface area contributed by atoms with Gasteiger partial charge in [0.25, 0.3) is 0 Å². The van der Waals surface area contributed by atoms with Gasteiger partial charge in [0.05, 0.1) is 17.0 Å². The average molecular weight is 469 g/mol. The van der Waals surface area contributed by atoms with Crippen LogP contribution in [0.4, 0.5) is 18.9 Å². The fraction of sp³-hybridized carbons (Fsp3) is 0.125. The number of aromatic nitrogens is 3. The number of para-hydroxylation sites is 1. The molecule has 9 heteroatoms. The maximum atomic E-state index is 13.2. The van der Waals surface area contributed by atoms with E-state index in [-0.39, 0.29) is 11.4 Å². The van der Waals surface area contributed by atoms with E-state index in [1.54, 1.807) is 0 Å². The van der Waals surface area contributed by atoms with Gasteiger partial charge >= 0.3 is 6.18 Å². The SMILES string of the molecule is Cc1cccc(-n2c(SCC(=O)Nc3ccccc3C(F)(F)F)nnc2-c2ccccc2)c1. The standard InChI is InChI=1S/C24H19F3N4OS/c1-16-8-7-11-18(14-16)31-22(17-9-3-2-4-10-17)29-30-23(31)33-15-21(32)28-20-13-6-5-12-19(20)24(25,26)27/h2-14H,15H2,1H3,(H,28,32). The molecule has 0 spiro atoms. The normalized spacial score (nSPS) is 11.4. The van der Waals surface area contributed by atoms with Crippen LogP contribution in [0.3, 0.4) is 0 Å². The molecule has 33 heavy (non-hydrogen) atoms. The third kappa shape index (κ3) is 5.25. The van der Waals surface area contributed by atoms with Crippen molar-refractivity contribution in [1.82, 2.24) is 14.8 Å². The summed E-state index contributed by atoms with van der Waals surface area (Å²) in [5.74, 6) is -0.103. The fourth-order valence-electron chi connectivity index (χ4n) is 3.29. The van der Waals surface area contributed by atoms with Gasteiger partial charge in [0.15, 0.2) is 11.0 Å². The van der Waals surface area contributed by atoms with Crippen molar-refractivity contribution in [2.45, 2.75) is 18.3 Å². The number of anilines is 1. The summed E-state index contributed by atoms with van der Waals surface area (Å²) in [7, 11) is 0. The summed E-state index contributed by atoms with van der Waals surface area (Å²) in [6, 6.07) is 22.1. The molecule has 0 aliphatic heterocycles. The van der Waals surface area contributed by atoms with E-state index in [9.17, 15) is 18.0 Å². The molecule has 0 aliphatic carbocycles. The van der Waals surface area contributed by atoms with Crippen LogP contribution < -0.4 is 5.32 Å². The molecule has 0 bridgehead atoms. The van der Waals surface area contributed by atoms with Gasteiger partial charge in [-0.15, -0.1) is 10.2 Å². The van der Waals surface area contributed by atoms with Gasteiger partial charge in [-0.1, -0.05) is 66.4 Å². The quantitative estimate of drug-likeness (QED) is 0.353. The van der Waals surface area contributed by atoms with Crippen LogP contribution in [0.15, 0.2) is 84.0 Å². The van der Waals surface area contributed by atoms with Crippen molar-refractivity contribution in [2.75, 3.05) is 11.1 Å². The number of alkyl halides is 3. The van der Waals surface area contributed by atoms with E-state index in [1.165, 1.54) is 18.2 Å². The van der Waals surface area contributed by atoms with Crippen LogP contribution in [0.1, 0.15) is 11.1 Å². The predicted molar refractivity (Wildman–Crippen MR) is 122 cm³/mol. The number of thioether (sulfide) groups is 1. The molecule has 0 unspecified atom stereocenters. The van der Waals surface area contributed by atoms with Crippen molar-refractivity contribution < 1.29 is 18.0 Å². The first-order chi connectivity index (χ1) is 15.8. The number of hydrogen-bond donors (Lipinski definition) is 1. The second kappa shape index (κ2) is 9.50. The Morgan fingerprint density at radius 3 is 2.42 bits per heavy atom. The molecular weight excluding hydrogens is 449 g/mol. The van der Waals surface area contributed by atoms with Crippen LogP contribution in [-0.4, -0.2) is 26.4 Å². The highest BCUT2D eigenvalue weighted by molar-refractivity contribution is 7.99. The average Bonchev–Trinajstić information content (AvgIpc) is 3.22. The third-order valence-electron chi connectivity index (χ3n) is 4.76. The summed E-state index contributed by atoms with van der Waals surface area (Å²) in [6.45, 7) is 1.97. The Labute approximate surface area is 192 Å². The Hall–Kier alpha value is -3.59. The molecule has 1 amide bonds. The number of halogens is 3. The molecule has 0 saturated carbocycles. The minimum absolute atomic E-state index is 0.134. The highest BCUT2D eigenvalue weighted by Gasteiger charge is 2.33. The summed E-state index contributed by atoms with van der Waals surface area (Å²) >= 11 is 1.10. The Kier molecular flexibility index (Phi) is 6.50. The van der Waals surface area contributed by atoms with E-state index >= 15 is 0 Å². The Balaban J connectivity index is 1.59. The lowest BCUT2D eigenvalue weighted by Crippen LogP contribution is -2.18. The Morgan fingerprint density at radius 2 is 1.70 bits per heavy atom. The summed E-state index contributed by atoms with van der Waals surface area (Å²) in [5.41, 5.74) is 1.54. The predicted octanol–water partition coefficient (Wildman–Crippen LogP) is 5.99. The van der Waals surface area contributed by atoms with Crippen molar-refractivity contribution in [3.8, 4) is 17.1 Å². The number of carbonyl (C=O) groups is 1. The largest absolute Gasteiger partial charge is 0.418 e. The zero-order valence-corrected chi connectivity index (χ0v) is 18.3. The molecule has 0 saturated heterocycles. The van der Waals surface area contributed by atoms with Crippen molar-refractivity contribution in [1.29, 1.82) is 0 Å². The first kappa shape index (κ1) is 22.6. The highest BCUT2D eigenvalue weighted by Crippen LogP contribution is 2.35. The minimum Gasteiger partial charge on any atom is -0.325 e. The molecule has 0 fully saturated rings. The first-order valence-electron chi connectivity index (χ1n) is 9.99. The number of rotatable bonds is 6. The zero-order chi connectivity index (χ0) is 23.4. The molecule has 0 radical (unpaired) electrons. The van der Waals surface area contributed by atoms with Crippen molar-refractivity contribution in [3.63, 3.8) is 0 Å².